The quantitative estimate of drug-likeness (QED) is 0.754. The minimum absolute atomic E-state index is 0.166. The van der Waals surface area contributed by atoms with Gasteiger partial charge < -0.3 is 19.7 Å². The molecule has 2 amide bonds. The molecule has 0 aliphatic heterocycles. The molecule has 0 saturated heterocycles. The second-order valence-electron chi connectivity index (χ2n) is 6.16. The highest BCUT2D eigenvalue weighted by molar-refractivity contribution is 5.74. The summed E-state index contributed by atoms with van der Waals surface area (Å²) in [7, 11) is 0. The third-order valence-corrected chi connectivity index (χ3v) is 3.72. The fraction of sp³-hybridized carbons (Fsp3) is 0.625. The zero-order valence-electron chi connectivity index (χ0n) is 14.8. The highest BCUT2D eigenvalue weighted by atomic mass is 16.5. The van der Waals surface area contributed by atoms with Crippen LogP contribution in [0.15, 0.2) is 9.05 Å². The number of nitrogens with one attached hydrogen (secondary N) is 2. The molecular weight excluding hydrogens is 310 g/mol. The topological polar surface area (TPSA) is 106 Å². The van der Waals surface area contributed by atoms with Crippen molar-refractivity contribution < 1.29 is 13.8 Å². The molecule has 0 aliphatic carbocycles. The number of rotatable bonds is 7. The summed E-state index contributed by atoms with van der Waals surface area (Å²) in [6, 6.07) is -0.392. The zero-order valence-corrected chi connectivity index (χ0v) is 14.8. The molecule has 2 heterocycles. The number of aryl methyl sites for hydroxylation is 3. The highest BCUT2D eigenvalue weighted by Crippen LogP contribution is 2.20. The molecule has 132 valence electrons. The third-order valence-electron chi connectivity index (χ3n) is 3.72. The number of nitrogens with zero attached hydrogens (tertiary/aromatic N) is 3. The monoisotopic (exact) mass is 335 g/mol. The number of amides is 2. The molecule has 2 rings (SSSR count). The zero-order chi connectivity index (χ0) is 17.7. The van der Waals surface area contributed by atoms with E-state index in [0.717, 1.165) is 23.4 Å². The molecular formula is C16H25N5O3. The predicted octanol–water partition coefficient (Wildman–Crippen LogP) is 2.79. The van der Waals surface area contributed by atoms with Gasteiger partial charge in [-0.1, -0.05) is 24.2 Å². The van der Waals surface area contributed by atoms with Crippen LogP contribution in [0.2, 0.25) is 0 Å². The first-order valence-corrected chi connectivity index (χ1v) is 8.18. The van der Waals surface area contributed by atoms with Crippen molar-refractivity contribution in [2.45, 2.75) is 59.4 Å². The smallest absolute Gasteiger partial charge is 0.315 e. The molecule has 0 aromatic carbocycles. The molecule has 0 aliphatic rings. The van der Waals surface area contributed by atoms with Crippen LogP contribution in [0.1, 0.15) is 67.9 Å². The van der Waals surface area contributed by atoms with E-state index in [9.17, 15) is 4.79 Å². The number of hydrogen-bond acceptors (Lipinski definition) is 6. The fourth-order valence-electron chi connectivity index (χ4n) is 2.47. The van der Waals surface area contributed by atoms with Gasteiger partial charge in [-0.05, 0) is 27.2 Å². The van der Waals surface area contributed by atoms with Gasteiger partial charge in [0.25, 0.3) is 0 Å². The summed E-state index contributed by atoms with van der Waals surface area (Å²) in [4.78, 5) is 16.3. The standard InChI is InChI=1S/C16H25N5O3/c1-9(2)15-19-13(24-21-15)7-6-8-17-16(22)18-10(3)14-11(4)20-23-12(14)5/h9-10H,6-8H2,1-5H3,(H2,17,18,22)/t10-/m1/s1. The van der Waals surface area contributed by atoms with E-state index in [0.29, 0.717) is 24.7 Å². The van der Waals surface area contributed by atoms with Crippen LogP contribution in [-0.4, -0.2) is 27.9 Å². The van der Waals surface area contributed by atoms with E-state index in [1.807, 2.05) is 34.6 Å². The number of urea groups is 1. The molecule has 0 saturated carbocycles. The molecule has 8 nitrogen and oxygen atoms in total. The minimum atomic E-state index is -0.226. The Kier molecular flexibility index (Phi) is 5.94. The lowest BCUT2D eigenvalue weighted by molar-refractivity contribution is 0.237. The van der Waals surface area contributed by atoms with Crippen LogP contribution in [-0.2, 0) is 6.42 Å². The maximum absolute atomic E-state index is 12.0. The lowest BCUT2D eigenvalue weighted by Gasteiger charge is -2.14. The first-order valence-electron chi connectivity index (χ1n) is 8.18. The van der Waals surface area contributed by atoms with Gasteiger partial charge in [-0.25, -0.2) is 4.79 Å². The van der Waals surface area contributed by atoms with Gasteiger partial charge in [-0.2, -0.15) is 4.98 Å². The summed E-state index contributed by atoms with van der Waals surface area (Å²) >= 11 is 0. The lowest BCUT2D eigenvalue weighted by Crippen LogP contribution is -2.37. The van der Waals surface area contributed by atoms with Crippen molar-refractivity contribution in [3.8, 4) is 0 Å². The number of aromatic nitrogens is 3. The molecule has 0 spiro atoms. The Labute approximate surface area is 141 Å². The summed E-state index contributed by atoms with van der Waals surface area (Å²) in [5, 5.41) is 13.5. The van der Waals surface area contributed by atoms with Crippen molar-refractivity contribution in [3.63, 3.8) is 0 Å². The number of carbonyl (C=O) groups excluding carboxylic acids is 1. The van der Waals surface area contributed by atoms with Gasteiger partial charge >= 0.3 is 6.03 Å². The Hall–Kier alpha value is -2.38. The van der Waals surface area contributed by atoms with E-state index < -0.39 is 0 Å². The predicted molar refractivity (Wildman–Crippen MR) is 87.6 cm³/mol. The van der Waals surface area contributed by atoms with E-state index in [1.54, 1.807) is 0 Å². The van der Waals surface area contributed by atoms with Crippen molar-refractivity contribution in [1.82, 2.24) is 25.9 Å². The maximum atomic E-state index is 12.0. The van der Waals surface area contributed by atoms with Crippen LogP contribution < -0.4 is 10.6 Å². The minimum Gasteiger partial charge on any atom is -0.361 e. The molecule has 0 radical (unpaired) electrons. The summed E-state index contributed by atoms with van der Waals surface area (Å²) in [5.74, 6) is 2.28. The summed E-state index contributed by atoms with van der Waals surface area (Å²) < 4.78 is 10.3. The normalized spacial score (nSPS) is 12.4. The molecule has 1 atom stereocenters. The average Bonchev–Trinajstić information content (AvgIpc) is 3.10. The van der Waals surface area contributed by atoms with Crippen LogP contribution in [0.25, 0.3) is 0 Å². The summed E-state index contributed by atoms with van der Waals surface area (Å²) in [5.41, 5.74) is 1.70. The third kappa shape index (κ3) is 4.56. The Morgan fingerprint density at radius 1 is 1.17 bits per heavy atom. The van der Waals surface area contributed by atoms with Gasteiger partial charge in [0.2, 0.25) is 5.89 Å². The maximum Gasteiger partial charge on any atom is 0.315 e. The van der Waals surface area contributed by atoms with Gasteiger partial charge in [0.1, 0.15) is 5.76 Å². The largest absolute Gasteiger partial charge is 0.361 e. The van der Waals surface area contributed by atoms with E-state index in [2.05, 4.69) is 25.9 Å². The second-order valence-corrected chi connectivity index (χ2v) is 6.16. The van der Waals surface area contributed by atoms with Crippen molar-refractivity contribution in [2.75, 3.05) is 6.54 Å². The van der Waals surface area contributed by atoms with E-state index >= 15 is 0 Å². The van der Waals surface area contributed by atoms with Crippen LogP contribution in [0, 0.1) is 13.8 Å². The Morgan fingerprint density at radius 3 is 2.50 bits per heavy atom. The molecule has 8 heteroatoms. The van der Waals surface area contributed by atoms with Gasteiger partial charge in [0.15, 0.2) is 5.82 Å². The molecule has 0 unspecified atom stereocenters. The number of carbonyl (C=O) groups is 1. The van der Waals surface area contributed by atoms with Crippen LogP contribution in [0.5, 0.6) is 0 Å². The van der Waals surface area contributed by atoms with Gasteiger partial charge in [0, 0.05) is 24.4 Å². The molecule has 2 N–H and O–H groups in total. The second kappa shape index (κ2) is 7.94. The van der Waals surface area contributed by atoms with E-state index in [4.69, 9.17) is 9.05 Å². The van der Waals surface area contributed by atoms with Crippen molar-refractivity contribution in [2.24, 2.45) is 0 Å². The van der Waals surface area contributed by atoms with E-state index in [1.165, 1.54) is 0 Å². The van der Waals surface area contributed by atoms with Crippen LogP contribution in [0.4, 0.5) is 4.79 Å². The summed E-state index contributed by atoms with van der Waals surface area (Å²) in [6.07, 6.45) is 1.37. The first-order chi connectivity index (χ1) is 11.4. The Bertz CT molecular complexity index is 658. The SMILES string of the molecule is Cc1noc(C)c1[C@@H](C)NC(=O)NCCCc1nc(C(C)C)no1. The van der Waals surface area contributed by atoms with Crippen molar-refractivity contribution in [3.05, 3.63) is 28.7 Å². The number of hydrogen-bond donors (Lipinski definition) is 2. The van der Waals surface area contributed by atoms with Crippen molar-refractivity contribution >= 4 is 6.03 Å². The van der Waals surface area contributed by atoms with Crippen LogP contribution in [0.3, 0.4) is 0 Å². The molecule has 2 aromatic heterocycles. The molecule has 2 aromatic rings. The Morgan fingerprint density at radius 2 is 1.92 bits per heavy atom. The van der Waals surface area contributed by atoms with Crippen LogP contribution >= 0.6 is 0 Å². The van der Waals surface area contributed by atoms with Gasteiger partial charge in [-0.3, -0.25) is 0 Å². The molecule has 0 fully saturated rings. The Balaban J connectivity index is 1.71. The fourth-order valence-corrected chi connectivity index (χ4v) is 2.47. The van der Waals surface area contributed by atoms with E-state index in [-0.39, 0.29) is 18.0 Å². The first kappa shape index (κ1) is 18.0. The van der Waals surface area contributed by atoms with Crippen molar-refractivity contribution in [1.29, 1.82) is 0 Å². The molecule has 0 bridgehead atoms. The summed E-state index contributed by atoms with van der Waals surface area (Å²) in [6.45, 7) is 10.2. The molecule has 24 heavy (non-hydrogen) atoms. The highest BCUT2D eigenvalue weighted by Gasteiger charge is 2.18. The average molecular weight is 335 g/mol. The van der Waals surface area contributed by atoms with Gasteiger partial charge in [0.05, 0.1) is 11.7 Å². The lowest BCUT2D eigenvalue weighted by atomic mass is 10.1. The van der Waals surface area contributed by atoms with Gasteiger partial charge in [-0.15, -0.1) is 0 Å².